The van der Waals surface area contributed by atoms with Crippen LogP contribution in [0.25, 0.3) is 0 Å². The molecule has 0 aromatic heterocycles. The molecule has 0 unspecified atom stereocenters. The molecule has 5 nitrogen and oxygen atoms in total. The van der Waals surface area contributed by atoms with Gasteiger partial charge in [-0.1, -0.05) is 26.7 Å². The molecule has 0 fully saturated rings. The fourth-order valence-electron chi connectivity index (χ4n) is 1.98. The fraction of sp³-hybridized carbons (Fsp3) is 0.933. The first-order chi connectivity index (χ1) is 9.69. The molecule has 0 aliphatic heterocycles. The Balaban J connectivity index is 4.34. The fourth-order valence-corrected chi connectivity index (χ4v) is 1.98. The van der Waals surface area contributed by atoms with Gasteiger partial charge in [0.1, 0.15) is 0 Å². The van der Waals surface area contributed by atoms with Crippen LogP contribution in [0.2, 0.25) is 0 Å². The number of aliphatic hydroxyl groups is 1. The molecule has 1 amide bonds. The highest BCUT2D eigenvalue weighted by atomic mass is 16.5. The van der Waals surface area contributed by atoms with Crippen LogP contribution in [0.3, 0.4) is 0 Å². The number of aliphatic hydroxyl groups excluding tert-OH is 1. The lowest BCUT2D eigenvalue weighted by Crippen LogP contribution is -2.43. The quantitative estimate of drug-likeness (QED) is 0.556. The van der Waals surface area contributed by atoms with Crippen molar-refractivity contribution in [2.45, 2.75) is 39.5 Å². The van der Waals surface area contributed by atoms with E-state index in [2.05, 4.69) is 13.8 Å². The van der Waals surface area contributed by atoms with Crippen molar-refractivity contribution in [3.8, 4) is 0 Å². The average Bonchev–Trinajstić information content (AvgIpc) is 2.45. The molecule has 0 bridgehead atoms. The molecular formula is C15H32N2O3. The molecule has 0 aliphatic rings. The number of hydrogen-bond acceptors (Lipinski definition) is 4. The Morgan fingerprint density at radius 1 is 1.05 bits per heavy atom. The number of hydrogen-bond donors (Lipinski definition) is 1. The Hall–Kier alpha value is -0.650. The van der Waals surface area contributed by atoms with Crippen molar-refractivity contribution in [3.63, 3.8) is 0 Å². The molecule has 0 saturated carbocycles. The van der Waals surface area contributed by atoms with Crippen LogP contribution < -0.4 is 0 Å². The van der Waals surface area contributed by atoms with E-state index in [0.717, 1.165) is 38.8 Å². The summed E-state index contributed by atoms with van der Waals surface area (Å²) in [6.07, 6.45) is 4.29. The topological polar surface area (TPSA) is 53.0 Å². The molecule has 0 spiro atoms. The van der Waals surface area contributed by atoms with Crippen LogP contribution in [0.5, 0.6) is 0 Å². The summed E-state index contributed by atoms with van der Waals surface area (Å²) in [4.78, 5) is 16.3. The number of carbonyl (C=O) groups excluding carboxylic acids is 1. The van der Waals surface area contributed by atoms with Crippen LogP contribution in [-0.2, 0) is 9.53 Å². The van der Waals surface area contributed by atoms with Crippen LogP contribution in [0.1, 0.15) is 39.5 Å². The number of nitrogens with zero attached hydrogens (tertiary/aromatic N) is 2. The van der Waals surface area contributed by atoms with Gasteiger partial charge in [0.2, 0.25) is 5.91 Å². The SMILES string of the molecule is CCCCN(CCCC)C(=O)CN(CCO)CCOC. The standard InChI is InChI=1S/C15H32N2O3/c1-4-6-8-17(9-7-5-2)15(19)14-16(10-12-18)11-13-20-3/h18H,4-14H2,1-3H3. The second-order valence-electron chi connectivity index (χ2n) is 5.08. The van der Waals surface area contributed by atoms with Crippen LogP contribution in [0.15, 0.2) is 0 Å². The largest absolute Gasteiger partial charge is 0.395 e. The molecule has 0 aliphatic carbocycles. The van der Waals surface area contributed by atoms with E-state index < -0.39 is 0 Å². The molecule has 0 atom stereocenters. The molecule has 0 heterocycles. The molecule has 20 heavy (non-hydrogen) atoms. The van der Waals surface area contributed by atoms with Gasteiger partial charge in [0.05, 0.1) is 19.8 Å². The number of rotatable bonds is 13. The number of amides is 1. The van der Waals surface area contributed by atoms with Gasteiger partial charge in [0, 0.05) is 33.3 Å². The highest BCUT2D eigenvalue weighted by molar-refractivity contribution is 5.78. The van der Waals surface area contributed by atoms with E-state index in [0.29, 0.717) is 26.2 Å². The molecule has 0 rings (SSSR count). The van der Waals surface area contributed by atoms with Crippen molar-refractivity contribution in [1.82, 2.24) is 9.80 Å². The van der Waals surface area contributed by atoms with Gasteiger partial charge in [-0.2, -0.15) is 0 Å². The second kappa shape index (κ2) is 13.3. The van der Waals surface area contributed by atoms with Crippen LogP contribution in [0, 0.1) is 0 Å². The minimum absolute atomic E-state index is 0.0704. The van der Waals surface area contributed by atoms with Gasteiger partial charge in [-0.15, -0.1) is 0 Å². The first-order valence-corrected chi connectivity index (χ1v) is 7.79. The lowest BCUT2D eigenvalue weighted by atomic mass is 10.2. The van der Waals surface area contributed by atoms with Gasteiger partial charge < -0.3 is 14.7 Å². The smallest absolute Gasteiger partial charge is 0.236 e. The maximum Gasteiger partial charge on any atom is 0.236 e. The third-order valence-electron chi connectivity index (χ3n) is 3.30. The molecule has 1 N–H and O–H groups in total. The molecule has 120 valence electrons. The zero-order valence-electron chi connectivity index (χ0n) is 13.4. The number of ether oxygens (including phenoxy) is 1. The predicted octanol–water partition coefficient (Wildman–Crippen LogP) is 1.36. The summed E-state index contributed by atoms with van der Waals surface area (Å²) in [5, 5.41) is 9.06. The van der Waals surface area contributed by atoms with Crippen molar-refractivity contribution in [2.75, 3.05) is 53.0 Å². The van der Waals surface area contributed by atoms with Crippen LogP contribution in [0.4, 0.5) is 0 Å². The highest BCUT2D eigenvalue weighted by Crippen LogP contribution is 2.02. The lowest BCUT2D eigenvalue weighted by molar-refractivity contribution is -0.132. The van der Waals surface area contributed by atoms with E-state index in [9.17, 15) is 4.79 Å². The molecule has 0 aromatic rings. The Morgan fingerprint density at radius 3 is 2.10 bits per heavy atom. The van der Waals surface area contributed by atoms with Crippen molar-refractivity contribution < 1.29 is 14.6 Å². The van der Waals surface area contributed by atoms with Gasteiger partial charge in [0.15, 0.2) is 0 Å². The van der Waals surface area contributed by atoms with Gasteiger partial charge in [-0.05, 0) is 12.8 Å². The average molecular weight is 288 g/mol. The van der Waals surface area contributed by atoms with E-state index >= 15 is 0 Å². The summed E-state index contributed by atoms with van der Waals surface area (Å²) in [5.74, 6) is 0.163. The van der Waals surface area contributed by atoms with E-state index in [1.807, 2.05) is 9.80 Å². The maximum atomic E-state index is 12.4. The first-order valence-electron chi connectivity index (χ1n) is 7.79. The van der Waals surface area contributed by atoms with E-state index in [1.54, 1.807) is 7.11 Å². The highest BCUT2D eigenvalue weighted by Gasteiger charge is 2.16. The first kappa shape index (κ1) is 19.4. The van der Waals surface area contributed by atoms with Gasteiger partial charge in [0.25, 0.3) is 0 Å². The maximum absolute atomic E-state index is 12.4. The molecule has 5 heteroatoms. The molecular weight excluding hydrogens is 256 g/mol. The monoisotopic (exact) mass is 288 g/mol. The minimum atomic E-state index is 0.0704. The number of unbranched alkanes of at least 4 members (excludes halogenated alkanes) is 2. The number of carbonyl (C=O) groups is 1. The minimum Gasteiger partial charge on any atom is -0.395 e. The van der Waals surface area contributed by atoms with Crippen molar-refractivity contribution in [2.24, 2.45) is 0 Å². The summed E-state index contributed by atoms with van der Waals surface area (Å²) in [7, 11) is 1.65. The summed E-state index contributed by atoms with van der Waals surface area (Å²) in [5.41, 5.74) is 0. The van der Waals surface area contributed by atoms with Gasteiger partial charge in [-0.25, -0.2) is 0 Å². The van der Waals surface area contributed by atoms with Gasteiger partial charge >= 0.3 is 0 Å². The normalized spacial score (nSPS) is 11.1. The summed E-state index contributed by atoms with van der Waals surface area (Å²) in [6.45, 7) is 8.18. The van der Waals surface area contributed by atoms with Crippen LogP contribution in [-0.4, -0.2) is 73.9 Å². The zero-order valence-corrected chi connectivity index (χ0v) is 13.4. The summed E-state index contributed by atoms with van der Waals surface area (Å²) >= 11 is 0. The molecule has 0 saturated heterocycles. The van der Waals surface area contributed by atoms with E-state index in [-0.39, 0.29) is 12.5 Å². The van der Waals surface area contributed by atoms with Crippen LogP contribution >= 0.6 is 0 Å². The van der Waals surface area contributed by atoms with E-state index in [1.165, 1.54) is 0 Å². The van der Waals surface area contributed by atoms with Crippen molar-refractivity contribution in [3.05, 3.63) is 0 Å². The van der Waals surface area contributed by atoms with Crippen molar-refractivity contribution >= 4 is 5.91 Å². The lowest BCUT2D eigenvalue weighted by Gasteiger charge is -2.27. The summed E-state index contributed by atoms with van der Waals surface area (Å²) < 4.78 is 5.04. The third kappa shape index (κ3) is 9.28. The Morgan fingerprint density at radius 2 is 1.65 bits per heavy atom. The van der Waals surface area contributed by atoms with Gasteiger partial charge in [-0.3, -0.25) is 9.69 Å². The summed E-state index contributed by atoms with van der Waals surface area (Å²) in [6, 6.07) is 0. The van der Waals surface area contributed by atoms with E-state index in [4.69, 9.17) is 9.84 Å². The Kier molecular flexibility index (Phi) is 12.9. The van der Waals surface area contributed by atoms with Crippen molar-refractivity contribution in [1.29, 1.82) is 0 Å². The number of methoxy groups -OCH3 is 1. The third-order valence-corrected chi connectivity index (χ3v) is 3.30. The second-order valence-corrected chi connectivity index (χ2v) is 5.08. The zero-order chi connectivity index (χ0) is 15.2. The predicted molar refractivity (Wildman–Crippen MR) is 81.8 cm³/mol. The molecule has 0 aromatic carbocycles. The Bertz CT molecular complexity index is 229. The Labute approximate surface area is 123 Å². The molecule has 0 radical (unpaired) electrons.